The number of ether oxygens (including phenoxy) is 1. The molecule has 1 aromatic rings. The van der Waals surface area contributed by atoms with Crippen molar-refractivity contribution in [3.05, 3.63) is 29.6 Å². The normalized spacial score (nSPS) is 12.9. The van der Waals surface area contributed by atoms with Gasteiger partial charge in [0.1, 0.15) is 17.7 Å². The second-order valence-corrected chi connectivity index (χ2v) is 4.05. The number of aryl methyl sites for hydroxylation is 1. The summed E-state index contributed by atoms with van der Waals surface area (Å²) in [6.45, 7) is 6.28. The van der Waals surface area contributed by atoms with Gasteiger partial charge in [-0.15, -0.1) is 0 Å². The number of hydrogen-bond donors (Lipinski definition) is 1. The second-order valence-electron chi connectivity index (χ2n) is 4.05. The summed E-state index contributed by atoms with van der Waals surface area (Å²) in [6, 6.07) is 4.74. The van der Waals surface area contributed by atoms with Crippen molar-refractivity contribution in [2.45, 2.75) is 26.9 Å². The number of nitrogens with two attached hydrogens (primary N) is 1. The smallest absolute Gasteiger partial charge is 0.126 e. The average Bonchev–Trinajstić information content (AvgIpc) is 2.19. The van der Waals surface area contributed by atoms with Crippen LogP contribution in [-0.2, 0) is 0 Å². The molecule has 1 unspecified atom stereocenters. The fourth-order valence-electron chi connectivity index (χ4n) is 1.32. The number of benzene rings is 1. The van der Waals surface area contributed by atoms with Gasteiger partial charge in [-0.2, -0.15) is 0 Å². The van der Waals surface area contributed by atoms with E-state index in [2.05, 4.69) is 0 Å². The molecule has 0 radical (unpaired) electrons. The first-order chi connectivity index (χ1) is 7.04. The maximum Gasteiger partial charge on any atom is 0.126 e. The highest BCUT2D eigenvalue weighted by Gasteiger charge is 2.13. The summed E-state index contributed by atoms with van der Waals surface area (Å²) in [5.41, 5.74) is 6.18. The van der Waals surface area contributed by atoms with Crippen LogP contribution in [0.4, 0.5) is 4.39 Å². The molecule has 0 aliphatic carbocycles. The van der Waals surface area contributed by atoms with Crippen LogP contribution in [0.3, 0.4) is 0 Å². The van der Waals surface area contributed by atoms with Gasteiger partial charge in [-0.1, -0.05) is 13.8 Å². The highest BCUT2D eigenvalue weighted by molar-refractivity contribution is 5.29. The van der Waals surface area contributed by atoms with Crippen molar-refractivity contribution in [1.82, 2.24) is 0 Å². The SMILES string of the molecule is Cc1cc(OC(CN)C(C)C)ccc1F. The molecule has 0 aromatic heterocycles. The predicted molar refractivity (Wildman–Crippen MR) is 59.4 cm³/mol. The van der Waals surface area contributed by atoms with E-state index in [-0.39, 0.29) is 11.9 Å². The van der Waals surface area contributed by atoms with Crippen LogP contribution in [0.1, 0.15) is 19.4 Å². The lowest BCUT2D eigenvalue weighted by Crippen LogP contribution is -2.31. The van der Waals surface area contributed by atoms with Gasteiger partial charge in [-0.3, -0.25) is 0 Å². The summed E-state index contributed by atoms with van der Waals surface area (Å²) >= 11 is 0. The average molecular weight is 211 g/mol. The fraction of sp³-hybridized carbons (Fsp3) is 0.500. The van der Waals surface area contributed by atoms with Crippen molar-refractivity contribution in [1.29, 1.82) is 0 Å². The first-order valence-corrected chi connectivity index (χ1v) is 5.17. The molecule has 15 heavy (non-hydrogen) atoms. The molecular formula is C12H18FNO. The van der Waals surface area contributed by atoms with Crippen molar-refractivity contribution in [3.8, 4) is 5.75 Å². The van der Waals surface area contributed by atoms with Gasteiger partial charge >= 0.3 is 0 Å². The van der Waals surface area contributed by atoms with Gasteiger partial charge in [-0.25, -0.2) is 4.39 Å². The van der Waals surface area contributed by atoms with Crippen LogP contribution in [0.5, 0.6) is 5.75 Å². The summed E-state index contributed by atoms with van der Waals surface area (Å²) in [5.74, 6) is 0.814. The van der Waals surface area contributed by atoms with E-state index in [4.69, 9.17) is 10.5 Å². The summed E-state index contributed by atoms with van der Waals surface area (Å²) in [6.07, 6.45) is -0.0186. The molecule has 2 nitrogen and oxygen atoms in total. The van der Waals surface area contributed by atoms with Crippen LogP contribution >= 0.6 is 0 Å². The summed E-state index contributed by atoms with van der Waals surface area (Å²) in [7, 11) is 0. The maximum absolute atomic E-state index is 13.0. The van der Waals surface area contributed by atoms with E-state index >= 15 is 0 Å². The molecule has 0 saturated heterocycles. The van der Waals surface area contributed by atoms with Crippen molar-refractivity contribution in [3.63, 3.8) is 0 Å². The Labute approximate surface area is 90.2 Å². The molecule has 0 heterocycles. The molecule has 0 spiro atoms. The summed E-state index contributed by atoms with van der Waals surface area (Å²) < 4.78 is 18.7. The molecule has 1 aromatic carbocycles. The van der Waals surface area contributed by atoms with Crippen molar-refractivity contribution < 1.29 is 9.13 Å². The van der Waals surface area contributed by atoms with Crippen molar-refractivity contribution in [2.24, 2.45) is 11.7 Å². The lowest BCUT2D eigenvalue weighted by atomic mass is 10.1. The zero-order valence-corrected chi connectivity index (χ0v) is 9.46. The van der Waals surface area contributed by atoms with Gasteiger partial charge in [0, 0.05) is 6.54 Å². The Bertz CT molecular complexity index is 325. The van der Waals surface area contributed by atoms with Crippen LogP contribution in [0.15, 0.2) is 18.2 Å². The largest absolute Gasteiger partial charge is 0.489 e. The number of rotatable bonds is 4. The van der Waals surface area contributed by atoms with E-state index < -0.39 is 0 Å². The van der Waals surface area contributed by atoms with Gasteiger partial charge in [-0.05, 0) is 36.6 Å². The van der Waals surface area contributed by atoms with E-state index in [1.807, 2.05) is 13.8 Å². The summed E-state index contributed by atoms with van der Waals surface area (Å²) in [5, 5.41) is 0. The Balaban J connectivity index is 2.75. The molecule has 0 saturated carbocycles. The lowest BCUT2D eigenvalue weighted by molar-refractivity contribution is 0.159. The van der Waals surface area contributed by atoms with Crippen LogP contribution in [0.25, 0.3) is 0 Å². The highest BCUT2D eigenvalue weighted by Crippen LogP contribution is 2.19. The number of halogens is 1. The first kappa shape index (κ1) is 12.0. The molecule has 1 rings (SSSR count). The molecule has 1 atom stereocenters. The monoisotopic (exact) mass is 211 g/mol. The topological polar surface area (TPSA) is 35.2 Å². The Morgan fingerprint density at radius 2 is 2.07 bits per heavy atom. The fourth-order valence-corrected chi connectivity index (χ4v) is 1.32. The van der Waals surface area contributed by atoms with Crippen LogP contribution < -0.4 is 10.5 Å². The third kappa shape index (κ3) is 3.20. The Kier molecular flexibility index (Phi) is 4.09. The van der Waals surface area contributed by atoms with Gasteiger partial charge < -0.3 is 10.5 Å². The van der Waals surface area contributed by atoms with Gasteiger partial charge in [0.25, 0.3) is 0 Å². The molecule has 3 heteroatoms. The Hall–Kier alpha value is -1.09. The van der Waals surface area contributed by atoms with Gasteiger partial charge in [0.05, 0.1) is 0 Å². The minimum absolute atomic E-state index is 0.0186. The van der Waals surface area contributed by atoms with E-state index in [1.54, 1.807) is 19.1 Å². The van der Waals surface area contributed by atoms with E-state index in [0.29, 0.717) is 23.8 Å². The predicted octanol–water partition coefficient (Wildman–Crippen LogP) is 2.50. The van der Waals surface area contributed by atoms with Crippen molar-refractivity contribution in [2.75, 3.05) is 6.54 Å². The standard InChI is InChI=1S/C12H18FNO/c1-8(2)12(7-14)15-10-4-5-11(13)9(3)6-10/h4-6,8,12H,7,14H2,1-3H3. The van der Waals surface area contributed by atoms with E-state index in [1.165, 1.54) is 6.07 Å². The summed E-state index contributed by atoms with van der Waals surface area (Å²) in [4.78, 5) is 0. The maximum atomic E-state index is 13.0. The first-order valence-electron chi connectivity index (χ1n) is 5.17. The van der Waals surface area contributed by atoms with Crippen LogP contribution in [-0.4, -0.2) is 12.6 Å². The van der Waals surface area contributed by atoms with Crippen LogP contribution in [0.2, 0.25) is 0 Å². The Morgan fingerprint density at radius 3 is 2.53 bits per heavy atom. The minimum Gasteiger partial charge on any atom is -0.489 e. The lowest BCUT2D eigenvalue weighted by Gasteiger charge is -2.21. The third-order valence-corrected chi connectivity index (χ3v) is 2.39. The van der Waals surface area contributed by atoms with Crippen molar-refractivity contribution >= 4 is 0 Å². The molecule has 84 valence electrons. The zero-order valence-electron chi connectivity index (χ0n) is 9.46. The van der Waals surface area contributed by atoms with E-state index in [9.17, 15) is 4.39 Å². The molecule has 2 N–H and O–H groups in total. The minimum atomic E-state index is -0.212. The highest BCUT2D eigenvalue weighted by atomic mass is 19.1. The van der Waals surface area contributed by atoms with Gasteiger partial charge in [0.15, 0.2) is 0 Å². The molecule has 0 aliphatic rings. The second kappa shape index (κ2) is 5.12. The molecular weight excluding hydrogens is 193 g/mol. The number of hydrogen-bond acceptors (Lipinski definition) is 2. The Morgan fingerprint density at radius 1 is 1.40 bits per heavy atom. The molecule has 0 aliphatic heterocycles. The zero-order chi connectivity index (χ0) is 11.4. The van der Waals surface area contributed by atoms with Crippen LogP contribution in [0, 0.1) is 18.7 Å². The third-order valence-electron chi connectivity index (χ3n) is 2.39. The molecule has 0 bridgehead atoms. The molecule has 0 amide bonds. The molecule has 0 fully saturated rings. The quantitative estimate of drug-likeness (QED) is 0.830. The van der Waals surface area contributed by atoms with E-state index in [0.717, 1.165) is 0 Å². The van der Waals surface area contributed by atoms with Gasteiger partial charge in [0.2, 0.25) is 0 Å².